The number of benzene rings is 1. The second-order valence-electron chi connectivity index (χ2n) is 10.5. The molecule has 0 spiro atoms. The van der Waals surface area contributed by atoms with Gasteiger partial charge in [0.05, 0.1) is 18.6 Å². The minimum atomic E-state index is -3.82. The van der Waals surface area contributed by atoms with Gasteiger partial charge in [0.25, 0.3) is 0 Å². The first-order valence-corrected chi connectivity index (χ1v) is 14.7. The molecule has 4 rings (SSSR count). The Morgan fingerprint density at radius 2 is 1.76 bits per heavy atom. The number of amides is 1. The molecule has 2 aromatic rings. The first-order chi connectivity index (χ1) is 18.1. The summed E-state index contributed by atoms with van der Waals surface area (Å²) in [5, 5.41) is 3.97. The van der Waals surface area contributed by atoms with Crippen LogP contribution in [0.1, 0.15) is 53.3 Å². The average Bonchev–Trinajstić information content (AvgIpc) is 3.60. The lowest BCUT2D eigenvalue weighted by atomic mass is 10.1. The van der Waals surface area contributed by atoms with E-state index < -0.39 is 10.0 Å². The van der Waals surface area contributed by atoms with Crippen molar-refractivity contribution in [2.24, 2.45) is 0 Å². The van der Waals surface area contributed by atoms with Crippen molar-refractivity contribution in [3.8, 4) is 5.75 Å². The summed E-state index contributed by atoms with van der Waals surface area (Å²) in [5.74, 6) is 0.402. The van der Waals surface area contributed by atoms with Crippen LogP contribution >= 0.6 is 0 Å². The molecule has 38 heavy (non-hydrogen) atoms. The fourth-order valence-electron chi connectivity index (χ4n) is 4.94. The Morgan fingerprint density at radius 1 is 1.11 bits per heavy atom. The summed E-state index contributed by atoms with van der Waals surface area (Å²) in [7, 11) is 1.90. The zero-order chi connectivity index (χ0) is 27.4. The number of carbonyl (C=O) groups excluding carboxylic acids is 1. The molecular weight excluding hydrogens is 508 g/mol. The second kappa shape index (κ2) is 12.1. The number of rotatable bonds is 12. The zero-order valence-electron chi connectivity index (χ0n) is 23.1. The largest absolute Gasteiger partial charge is 0.497 e. The maximum Gasteiger partial charge on any atom is 0.316 e. The molecule has 0 bridgehead atoms. The van der Waals surface area contributed by atoms with Crippen molar-refractivity contribution in [2.75, 3.05) is 60.5 Å². The van der Waals surface area contributed by atoms with Crippen LogP contribution in [0.2, 0.25) is 0 Å². The van der Waals surface area contributed by atoms with Crippen molar-refractivity contribution in [1.82, 2.24) is 29.1 Å². The van der Waals surface area contributed by atoms with Crippen LogP contribution in [-0.2, 0) is 16.6 Å². The van der Waals surface area contributed by atoms with E-state index in [2.05, 4.69) is 34.0 Å². The highest BCUT2D eigenvalue weighted by Crippen LogP contribution is 2.36. The van der Waals surface area contributed by atoms with Gasteiger partial charge >= 0.3 is 11.8 Å². The molecule has 1 amide bonds. The van der Waals surface area contributed by atoms with Gasteiger partial charge in [-0.1, -0.05) is 5.16 Å². The molecule has 0 radical (unpaired) electrons. The van der Waals surface area contributed by atoms with Gasteiger partial charge in [0, 0.05) is 32.2 Å². The van der Waals surface area contributed by atoms with Gasteiger partial charge in [0.15, 0.2) is 5.82 Å². The second-order valence-corrected chi connectivity index (χ2v) is 12.4. The normalized spacial score (nSPS) is 17.0. The molecule has 1 aliphatic carbocycles. The molecule has 0 N–H and O–H groups in total. The van der Waals surface area contributed by atoms with E-state index in [1.165, 1.54) is 4.31 Å². The summed E-state index contributed by atoms with van der Waals surface area (Å²) < 4.78 is 39.5. The van der Waals surface area contributed by atoms with E-state index in [1.54, 1.807) is 38.0 Å². The Labute approximate surface area is 225 Å². The molecule has 2 aliphatic rings. The van der Waals surface area contributed by atoms with Crippen LogP contribution in [0.3, 0.4) is 0 Å². The lowest BCUT2D eigenvalue weighted by Crippen LogP contribution is -2.49. The Morgan fingerprint density at radius 3 is 2.34 bits per heavy atom. The molecule has 1 aromatic heterocycles. The highest BCUT2D eigenvalue weighted by molar-refractivity contribution is 7.89. The minimum absolute atomic E-state index is 0.0462. The van der Waals surface area contributed by atoms with Gasteiger partial charge in [-0.2, -0.15) is 9.29 Å². The number of aromatic nitrogens is 2. The smallest absolute Gasteiger partial charge is 0.316 e. The summed E-state index contributed by atoms with van der Waals surface area (Å²) in [6.45, 7) is 8.41. The number of nitrogens with zero attached hydrogens (tertiary/aromatic N) is 6. The standard InChI is InChI=1S/C26H40N6O5S/c1-19-16-22(36-5)17-20(2)24(19)38(34,35)32(21-8-9-21)18-23-27-25(37-28-23)26(33)31-14-12-30(13-15-31)11-7-6-10-29(3)4/h16-17,21H,6-15,18H2,1-5H3. The van der Waals surface area contributed by atoms with Crippen molar-refractivity contribution >= 4 is 15.9 Å². The SMILES string of the molecule is COc1cc(C)c(S(=O)(=O)N(Cc2noc(C(=O)N3CCN(CCCCN(C)C)CC3)n2)C2CC2)c(C)c1. The number of hydrogen-bond acceptors (Lipinski definition) is 9. The van der Waals surface area contributed by atoms with E-state index in [1.807, 2.05) is 0 Å². The Hall–Kier alpha value is -2.54. The summed E-state index contributed by atoms with van der Waals surface area (Å²) in [6, 6.07) is 3.32. The number of ether oxygens (including phenoxy) is 1. The molecule has 1 saturated carbocycles. The molecule has 1 aromatic carbocycles. The van der Waals surface area contributed by atoms with Crippen LogP contribution in [-0.4, -0.2) is 110 Å². The number of methoxy groups -OCH3 is 1. The van der Waals surface area contributed by atoms with Gasteiger partial charge in [-0.05, 0) is 90.0 Å². The fourth-order valence-corrected chi connectivity index (χ4v) is 7.00. The van der Waals surface area contributed by atoms with Gasteiger partial charge in [0.2, 0.25) is 10.0 Å². The van der Waals surface area contributed by atoms with E-state index in [0.717, 1.165) is 51.9 Å². The van der Waals surface area contributed by atoms with E-state index in [-0.39, 0.29) is 35.1 Å². The van der Waals surface area contributed by atoms with Crippen molar-refractivity contribution in [1.29, 1.82) is 0 Å². The molecule has 1 aliphatic heterocycles. The molecule has 12 heteroatoms. The Bertz CT molecular complexity index is 1200. The van der Waals surface area contributed by atoms with E-state index >= 15 is 0 Å². The molecule has 1 saturated heterocycles. The minimum Gasteiger partial charge on any atom is -0.497 e. The third-order valence-corrected chi connectivity index (χ3v) is 9.33. The van der Waals surface area contributed by atoms with Crippen molar-refractivity contribution in [3.05, 3.63) is 35.0 Å². The van der Waals surface area contributed by atoms with Gasteiger partial charge in [-0.25, -0.2) is 8.42 Å². The van der Waals surface area contributed by atoms with Crippen LogP contribution in [0, 0.1) is 13.8 Å². The van der Waals surface area contributed by atoms with Crippen molar-refractivity contribution < 1.29 is 22.5 Å². The number of carbonyl (C=O) groups is 1. The quantitative estimate of drug-likeness (QED) is 0.368. The molecule has 0 atom stereocenters. The topological polar surface area (TPSA) is 112 Å². The molecule has 2 heterocycles. The van der Waals surface area contributed by atoms with E-state index in [0.29, 0.717) is 30.0 Å². The van der Waals surface area contributed by atoms with Crippen LogP contribution in [0.25, 0.3) is 0 Å². The van der Waals surface area contributed by atoms with E-state index in [4.69, 9.17) is 9.26 Å². The predicted octanol–water partition coefficient (Wildman–Crippen LogP) is 2.15. The first kappa shape index (κ1) is 28.5. The number of sulfonamides is 1. The Balaban J connectivity index is 1.38. The number of piperazine rings is 1. The summed E-state index contributed by atoms with van der Waals surface area (Å²) in [5.41, 5.74) is 1.24. The summed E-state index contributed by atoms with van der Waals surface area (Å²) >= 11 is 0. The monoisotopic (exact) mass is 548 g/mol. The summed E-state index contributed by atoms with van der Waals surface area (Å²) in [4.78, 5) is 23.9. The third-order valence-electron chi connectivity index (χ3n) is 7.13. The number of unbranched alkanes of at least 4 members (excludes halogenated alkanes) is 1. The molecular formula is C26H40N6O5S. The predicted molar refractivity (Wildman–Crippen MR) is 143 cm³/mol. The lowest BCUT2D eigenvalue weighted by Gasteiger charge is -2.34. The van der Waals surface area contributed by atoms with Gasteiger partial charge in [-0.3, -0.25) is 9.69 Å². The fraction of sp³-hybridized carbons (Fsp3) is 0.654. The average molecular weight is 549 g/mol. The maximum absolute atomic E-state index is 13.7. The molecule has 0 unspecified atom stereocenters. The molecule has 2 fully saturated rings. The van der Waals surface area contributed by atoms with Crippen LogP contribution < -0.4 is 4.74 Å². The van der Waals surface area contributed by atoms with Crippen molar-refractivity contribution in [2.45, 2.75) is 57.0 Å². The maximum atomic E-state index is 13.7. The van der Waals surface area contributed by atoms with Crippen LogP contribution in [0.5, 0.6) is 5.75 Å². The van der Waals surface area contributed by atoms with Gasteiger partial charge in [0.1, 0.15) is 5.75 Å². The number of aryl methyl sites for hydroxylation is 2. The number of hydrogen-bond donors (Lipinski definition) is 0. The lowest BCUT2D eigenvalue weighted by molar-refractivity contribution is 0.0587. The van der Waals surface area contributed by atoms with Crippen LogP contribution in [0.4, 0.5) is 0 Å². The van der Waals surface area contributed by atoms with Crippen molar-refractivity contribution in [3.63, 3.8) is 0 Å². The van der Waals surface area contributed by atoms with Crippen LogP contribution in [0.15, 0.2) is 21.6 Å². The van der Waals surface area contributed by atoms with Gasteiger partial charge in [-0.15, -0.1) is 0 Å². The molecule has 210 valence electrons. The first-order valence-electron chi connectivity index (χ1n) is 13.3. The highest BCUT2D eigenvalue weighted by Gasteiger charge is 2.40. The van der Waals surface area contributed by atoms with Gasteiger partial charge < -0.3 is 19.1 Å². The Kier molecular flexibility index (Phi) is 9.07. The molecule has 11 nitrogen and oxygen atoms in total. The summed E-state index contributed by atoms with van der Waals surface area (Å²) in [6.07, 6.45) is 3.84. The zero-order valence-corrected chi connectivity index (χ0v) is 24.0. The highest BCUT2D eigenvalue weighted by atomic mass is 32.2. The van der Waals surface area contributed by atoms with E-state index in [9.17, 15) is 13.2 Å². The third kappa shape index (κ3) is 6.71.